The van der Waals surface area contributed by atoms with Crippen molar-refractivity contribution in [2.24, 2.45) is 5.92 Å². The van der Waals surface area contributed by atoms with Gasteiger partial charge < -0.3 is 5.32 Å². The van der Waals surface area contributed by atoms with Gasteiger partial charge in [0.2, 0.25) is 0 Å². The molecule has 0 aromatic heterocycles. The minimum absolute atomic E-state index is 0.0520. The number of hydrogen-bond donors (Lipinski definition) is 1. The zero-order valence-corrected chi connectivity index (χ0v) is 14.8. The fourth-order valence-corrected chi connectivity index (χ4v) is 3.01. The minimum atomic E-state index is -0.0520. The largest absolute Gasteiger partial charge is 0.352 e. The maximum absolute atomic E-state index is 12.1. The molecule has 1 N–H and O–H groups in total. The van der Waals surface area contributed by atoms with E-state index in [4.69, 9.17) is 11.6 Å². The van der Waals surface area contributed by atoms with Gasteiger partial charge >= 0.3 is 0 Å². The van der Waals surface area contributed by atoms with E-state index in [-0.39, 0.29) is 5.91 Å². The molecule has 0 radical (unpaired) electrons. The van der Waals surface area contributed by atoms with E-state index in [0.29, 0.717) is 23.9 Å². The summed E-state index contributed by atoms with van der Waals surface area (Å²) in [6.45, 7) is 2.83. The van der Waals surface area contributed by atoms with Crippen molar-refractivity contribution >= 4 is 49.4 Å². The summed E-state index contributed by atoms with van der Waals surface area (Å²) in [7, 11) is 0. The lowest BCUT2D eigenvalue weighted by Crippen LogP contribution is -2.29. The Morgan fingerprint density at radius 3 is 2.74 bits per heavy atom. The van der Waals surface area contributed by atoms with Gasteiger partial charge in [-0.25, -0.2) is 0 Å². The quantitative estimate of drug-likeness (QED) is 0.630. The number of rotatable bonds is 7. The van der Waals surface area contributed by atoms with Crippen LogP contribution in [0, 0.1) is 5.92 Å². The highest BCUT2D eigenvalue weighted by Crippen LogP contribution is 2.21. The number of nitrogens with one attached hydrogen (secondary N) is 1. The van der Waals surface area contributed by atoms with Crippen LogP contribution in [0.4, 0.5) is 0 Å². The zero-order valence-electron chi connectivity index (χ0n) is 10.9. The van der Waals surface area contributed by atoms with Crippen LogP contribution in [0.25, 0.3) is 0 Å². The van der Waals surface area contributed by atoms with E-state index in [1.165, 1.54) is 0 Å². The molecule has 1 aromatic rings. The van der Waals surface area contributed by atoms with Gasteiger partial charge in [0.25, 0.3) is 5.91 Å². The van der Waals surface area contributed by atoms with Gasteiger partial charge in [-0.05, 0) is 52.9 Å². The lowest BCUT2D eigenvalue weighted by Gasteiger charge is -2.16. The predicted molar refractivity (Wildman–Crippen MR) is 87.9 cm³/mol. The smallest absolute Gasteiger partial charge is 0.252 e. The average molecular weight is 412 g/mol. The number of alkyl halides is 1. The first-order chi connectivity index (χ1) is 9.08. The molecule has 106 valence electrons. The molecule has 0 bridgehead atoms. The molecular formula is C14H18Br2ClNO. The molecule has 0 heterocycles. The van der Waals surface area contributed by atoms with Crippen LogP contribution in [0.2, 0.25) is 0 Å². The summed E-state index contributed by atoms with van der Waals surface area (Å²) >= 11 is 12.6. The van der Waals surface area contributed by atoms with E-state index in [0.717, 1.165) is 28.2 Å². The molecule has 0 spiro atoms. The number of hydrogen-bond acceptors (Lipinski definition) is 1. The average Bonchev–Trinajstić information content (AvgIpc) is 2.39. The molecule has 1 aromatic carbocycles. The maximum Gasteiger partial charge on any atom is 0.252 e. The topological polar surface area (TPSA) is 29.1 Å². The second-order valence-corrected chi connectivity index (χ2v) is 6.61. The summed E-state index contributed by atoms with van der Waals surface area (Å²) in [5.74, 6) is 1.04. The van der Waals surface area contributed by atoms with Crippen molar-refractivity contribution in [2.45, 2.75) is 26.2 Å². The molecule has 0 saturated carbocycles. The number of carbonyl (C=O) groups is 1. The van der Waals surface area contributed by atoms with Gasteiger partial charge in [0.1, 0.15) is 0 Å². The Kier molecular flexibility index (Phi) is 8.03. The molecule has 0 aliphatic carbocycles. The van der Waals surface area contributed by atoms with Crippen molar-refractivity contribution in [3.05, 3.63) is 32.7 Å². The van der Waals surface area contributed by atoms with Gasteiger partial charge in [0.15, 0.2) is 0 Å². The Labute approximate surface area is 136 Å². The molecule has 2 nitrogen and oxygen atoms in total. The van der Waals surface area contributed by atoms with Crippen LogP contribution >= 0.6 is 43.5 Å². The predicted octanol–water partition coefficient (Wildman–Crippen LogP) is 4.99. The van der Waals surface area contributed by atoms with Crippen molar-refractivity contribution in [1.29, 1.82) is 0 Å². The molecule has 0 aliphatic heterocycles. The molecule has 5 heteroatoms. The van der Waals surface area contributed by atoms with Crippen molar-refractivity contribution in [1.82, 2.24) is 5.32 Å². The molecule has 0 fully saturated rings. The summed E-state index contributed by atoms with van der Waals surface area (Å²) in [5.41, 5.74) is 0.649. The molecule has 0 aliphatic rings. The van der Waals surface area contributed by atoms with E-state index in [2.05, 4.69) is 44.1 Å². The standard InChI is InChI=1S/C14H18Br2ClNO/c1-2-3-10(6-7-17)9-18-14(19)12-8-11(15)4-5-13(12)16/h4-5,8,10H,2-3,6-7,9H2,1H3,(H,18,19). The van der Waals surface area contributed by atoms with Crippen LogP contribution in [-0.4, -0.2) is 18.3 Å². The van der Waals surface area contributed by atoms with Crippen LogP contribution in [0.3, 0.4) is 0 Å². The summed E-state index contributed by atoms with van der Waals surface area (Å²) in [6, 6.07) is 5.57. The van der Waals surface area contributed by atoms with E-state index in [9.17, 15) is 4.79 Å². The third-order valence-electron chi connectivity index (χ3n) is 2.94. The minimum Gasteiger partial charge on any atom is -0.352 e. The molecule has 1 amide bonds. The second-order valence-electron chi connectivity index (χ2n) is 4.47. The molecule has 1 rings (SSSR count). The molecule has 0 saturated heterocycles. The van der Waals surface area contributed by atoms with Crippen LogP contribution in [-0.2, 0) is 0 Å². The SMILES string of the molecule is CCCC(CCCl)CNC(=O)c1cc(Br)ccc1Br. The highest BCUT2D eigenvalue weighted by Gasteiger charge is 2.13. The Balaban J connectivity index is 2.61. The lowest BCUT2D eigenvalue weighted by atomic mass is 10.0. The van der Waals surface area contributed by atoms with E-state index < -0.39 is 0 Å². The van der Waals surface area contributed by atoms with E-state index in [1.54, 1.807) is 0 Å². The monoisotopic (exact) mass is 409 g/mol. The van der Waals surface area contributed by atoms with Crippen molar-refractivity contribution in [3.63, 3.8) is 0 Å². The third kappa shape index (κ3) is 5.84. The second kappa shape index (κ2) is 8.98. The first-order valence-corrected chi connectivity index (χ1v) is 8.49. The van der Waals surface area contributed by atoms with Gasteiger partial charge in [0.05, 0.1) is 5.56 Å². The normalized spacial score (nSPS) is 12.2. The van der Waals surface area contributed by atoms with Crippen molar-refractivity contribution in [2.75, 3.05) is 12.4 Å². The Bertz CT molecular complexity index is 420. The van der Waals surface area contributed by atoms with Gasteiger partial charge in [-0.1, -0.05) is 29.3 Å². The number of benzene rings is 1. The van der Waals surface area contributed by atoms with Crippen LogP contribution in [0.1, 0.15) is 36.5 Å². The van der Waals surface area contributed by atoms with Crippen molar-refractivity contribution in [3.8, 4) is 0 Å². The van der Waals surface area contributed by atoms with Gasteiger partial charge in [-0.2, -0.15) is 0 Å². The molecule has 19 heavy (non-hydrogen) atoms. The highest BCUT2D eigenvalue weighted by atomic mass is 79.9. The summed E-state index contributed by atoms with van der Waals surface area (Å²) < 4.78 is 1.70. The number of amides is 1. The van der Waals surface area contributed by atoms with Gasteiger partial charge in [0, 0.05) is 21.4 Å². The zero-order chi connectivity index (χ0) is 14.3. The van der Waals surface area contributed by atoms with Crippen LogP contribution < -0.4 is 5.32 Å². The van der Waals surface area contributed by atoms with Gasteiger partial charge in [-0.15, -0.1) is 11.6 Å². The summed E-state index contributed by atoms with van der Waals surface area (Å²) in [6.07, 6.45) is 3.14. The Hall–Kier alpha value is -0.0600. The Morgan fingerprint density at radius 1 is 1.37 bits per heavy atom. The van der Waals surface area contributed by atoms with E-state index in [1.807, 2.05) is 18.2 Å². The fourth-order valence-electron chi connectivity index (χ4n) is 1.91. The van der Waals surface area contributed by atoms with Crippen LogP contribution in [0.15, 0.2) is 27.1 Å². The van der Waals surface area contributed by atoms with E-state index >= 15 is 0 Å². The van der Waals surface area contributed by atoms with Crippen LogP contribution in [0.5, 0.6) is 0 Å². The first kappa shape index (κ1) is 17.0. The fraction of sp³-hybridized carbons (Fsp3) is 0.500. The number of halogens is 3. The van der Waals surface area contributed by atoms with Gasteiger partial charge in [-0.3, -0.25) is 4.79 Å². The number of carbonyl (C=O) groups excluding carboxylic acids is 1. The molecular weight excluding hydrogens is 393 g/mol. The summed E-state index contributed by atoms with van der Waals surface area (Å²) in [4.78, 5) is 12.1. The Morgan fingerprint density at radius 2 is 2.11 bits per heavy atom. The summed E-state index contributed by atoms with van der Waals surface area (Å²) in [5, 5.41) is 2.99. The van der Waals surface area contributed by atoms with Crippen molar-refractivity contribution < 1.29 is 4.79 Å². The molecule has 1 atom stereocenters. The first-order valence-electron chi connectivity index (χ1n) is 6.37. The molecule has 1 unspecified atom stereocenters. The lowest BCUT2D eigenvalue weighted by molar-refractivity contribution is 0.0945. The highest BCUT2D eigenvalue weighted by molar-refractivity contribution is 9.11. The third-order valence-corrected chi connectivity index (χ3v) is 4.34. The maximum atomic E-state index is 12.1.